The average molecular weight is 443 g/mol. The van der Waals surface area contributed by atoms with Crippen molar-refractivity contribution in [2.24, 2.45) is 0 Å². The third-order valence-electron chi connectivity index (χ3n) is 4.92. The number of rotatable bonds is 5. The van der Waals surface area contributed by atoms with Crippen LogP contribution < -0.4 is 5.32 Å². The maximum atomic E-state index is 12.7. The first kappa shape index (κ1) is 20.5. The van der Waals surface area contributed by atoms with E-state index in [9.17, 15) is 13.2 Å². The third kappa shape index (κ3) is 4.53. The minimum atomic E-state index is -3.52. The van der Waals surface area contributed by atoms with Gasteiger partial charge in [-0.15, -0.1) is 11.3 Å². The number of carbonyl (C=O) groups is 1. The Balaban J connectivity index is 1.29. The number of nitrogens with zero attached hydrogens (tertiary/aromatic N) is 3. The van der Waals surface area contributed by atoms with E-state index < -0.39 is 10.0 Å². The molecule has 1 aromatic heterocycles. The Morgan fingerprint density at radius 1 is 0.967 bits per heavy atom. The first-order valence-corrected chi connectivity index (χ1v) is 11.9. The molecule has 1 N–H and O–H groups in total. The number of carbonyl (C=O) groups excluding carboxylic acids is 1. The molecule has 0 radical (unpaired) electrons. The fourth-order valence-electron chi connectivity index (χ4n) is 3.27. The number of thiazole rings is 1. The first-order valence-electron chi connectivity index (χ1n) is 9.62. The number of sulfonamides is 1. The van der Waals surface area contributed by atoms with Gasteiger partial charge in [0, 0.05) is 37.1 Å². The number of piperazine rings is 1. The van der Waals surface area contributed by atoms with Crippen molar-refractivity contribution >= 4 is 27.4 Å². The second kappa shape index (κ2) is 8.95. The molecule has 0 bridgehead atoms. The Labute approximate surface area is 180 Å². The van der Waals surface area contributed by atoms with Gasteiger partial charge in [0.05, 0.1) is 17.1 Å². The largest absolute Gasteiger partial charge is 0.331 e. The van der Waals surface area contributed by atoms with Gasteiger partial charge < -0.3 is 10.2 Å². The summed E-state index contributed by atoms with van der Waals surface area (Å²) in [6, 6.07) is 18.1. The van der Waals surface area contributed by atoms with E-state index >= 15 is 0 Å². The van der Waals surface area contributed by atoms with Crippen LogP contribution in [-0.4, -0.2) is 54.8 Å². The Morgan fingerprint density at radius 2 is 1.60 bits per heavy atom. The summed E-state index contributed by atoms with van der Waals surface area (Å²) in [5.41, 5.74) is 1.94. The predicted octanol–water partition coefficient (Wildman–Crippen LogP) is 3.03. The van der Waals surface area contributed by atoms with Crippen LogP contribution in [0.3, 0.4) is 0 Å². The summed E-state index contributed by atoms with van der Waals surface area (Å²) < 4.78 is 26.8. The molecule has 1 aliphatic rings. The first-order chi connectivity index (χ1) is 14.5. The van der Waals surface area contributed by atoms with E-state index in [0.29, 0.717) is 19.6 Å². The van der Waals surface area contributed by atoms with Gasteiger partial charge in [0.1, 0.15) is 5.01 Å². The number of nitrogens with one attached hydrogen (secondary N) is 1. The van der Waals surface area contributed by atoms with Crippen LogP contribution in [0.15, 0.2) is 70.9 Å². The molecule has 0 atom stereocenters. The zero-order valence-corrected chi connectivity index (χ0v) is 17.9. The summed E-state index contributed by atoms with van der Waals surface area (Å²) in [4.78, 5) is 19.0. The molecule has 0 aliphatic carbocycles. The topological polar surface area (TPSA) is 82.6 Å². The van der Waals surface area contributed by atoms with Crippen LogP contribution in [0.25, 0.3) is 11.3 Å². The molecule has 4 rings (SSSR count). The van der Waals surface area contributed by atoms with E-state index in [1.54, 1.807) is 35.2 Å². The number of benzene rings is 2. The molecule has 3 aromatic rings. The fraction of sp³-hybridized carbons (Fsp3) is 0.238. The van der Waals surface area contributed by atoms with Gasteiger partial charge in [-0.3, -0.25) is 0 Å². The standard InChI is InChI=1S/C21H22N4O3S2/c26-21(22-15-20-23-19(16-29-20)17-7-3-1-4-8-17)24-11-13-25(14-12-24)30(27,28)18-9-5-2-6-10-18/h1-10,16H,11-15H2,(H,22,26). The molecule has 2 heterocycles. The second-order valence-corrected chi connectivity index (χ2v) is 9.74. The van der Waals surface area contributed by atoms with Crippen LogP contribution in [0, 0.1) is 0 Å². The van der Waals surface area contributed by atoms with Crippen molar-refractivity contribution in [1.29, 1.82) is 0 Å². The minimum Gasteiger partial charge on any atom is -0.331 e. The Hall–Kier alpha value is -2.75. The minimum absolute atomic E-state index is 0.205. The summed E-state index contributed by atoms with van der Waals surface area (Å²) >= 11 is 1.50. The van der Waals surface area contributed by atoms with Gasteiger partial charge in [0.25, 0.3) is 0 Å². The van der Waals surface area contributed by atoms with Crippen molar-refractivity contribution in [3.8, 4) is 11.3 Å². The maximum absolute atomic E-state index is 12.7. The fourth-order valence-corrected chi connectivity index (χ4v) is 5.46. The Bertz CT molecular complexity index is 1090. The molecule has 9 heteroatoms. The Kier molecular flexibility index (Phi) is 6.12. The van der Waals surface area contributed by atoms with Gasteiger partial charge in [-0.05, 0) is 12.1 Å². The SMILES string of the molecule is O=C(NCc1nc(-c2ccccc2)cs1)N1CCN(S(=O)(=O)c2ccccc2)CC1. The molecule has 2 amide bonds. The van der Waals surface area contributed by atoms with Gasteiger partial charge in [-0.1, -0.05) is 48.5 Å². The van der Waals surface area contributed by atoms with Gasteiger partial charge >= 0.3 is 6.03 Å². The van der Waals surface area contributed by atoms with E-state index in [0.717, 1.165) is 16.3 Å². The van der Waals surface area contributed by atoms with E-state index in [1.165, 1.54) is 15.6 Å². The molecule has 30 heavy (non-hydrogen) atoms. The average Bonchev–Trinajstić information content (AvgIpc) is 3.28. The van der Waals surface area contributed by atoms with Crippen LogP contribution in [0.2, 0.25) is 0 Å². The van der Waals surface area contributed by atoms with Gasteiger partial charge in [-0.25, -0.2) is 18.2 Å². The van der Waals surface area contributed by atoms with Gasteiger partial charge in [0.15, 0.2) is 0 Å². The lowest BCUT2D eigenvalue weighted by Crippen LogP contribution is -2.52. The molecular formula is C21H22N4O3S2. The van der Waals surface area contributed by atoms with Crippen molar-refractivity contribution < 1.29 is 13.2 Å². The van der Waals surface area contributed by atoms with E-state index in [4.69, 9.17) is 0 Å². The lowest BCUT2D eigenvalue weighted by atomic mass is 10.2. The molecule has 2 aromatic carbocycles. The van der Waals surface area contributed by atoms with Crippen LogP contribution in [-0.2, 0) is 16.6 Å². The summed E-state index contributed by atoms with van der Waals surface area (Å²) in [6.45, 7) is 1.61. The van der Waals surface area contributed by atoms with Crippen LogP contribution >= 0.6 is 11.3 Å². The summed E-state index contributed by atoms with van der Waals surface area (Å²) in [5, 5.41) is 5.69. The third-order valence-corrected chi connectivity index (χ3v) is 7.68. The highest BCUT2D eigenvalue weighted by Gasteiger charge is 2.29. The summed E-state index contributed by atoms with van der Waals surface area (Å²) in [6.07, 6.45) is 0. The highest BCUT2D eigenvalue weighted by atomic mass is 32.2. The highest BCUT2D eigenvalue weighted by molar-refractivity contribution is 7.89. The molecule has 0 saturated carbocycles. The zero-order valence-electron chi connectivity index (χ0n) is 16.3. The van der Waals surface area contributed by atoms with Crippen LogP contribution in [0.4, 0.5) is 4.79 Å². The maximum Gasteiger partial charge on any atom is 0.317 e. The smallest absolute Gasteiger partial charge is 0.317 e. The Morgan fingerprint density at radius 3 is 2.27 bits per heavy atom. The van der Waals surface area contributed by atoms with Crippen LogP contribution in [0.5, 0.6) is 0 Å². The molecule has 1 aliphatic heterocycles. The van der Waals surface area contributed by atoms with Gasteiger partial charge in [-0.2, -0.15) is 4.31 Å². The quantitative estimate of drug-likeness (QED) is 0.658. The lowest BCUT2D eigenvalue weighted by molar-refractivity contribution is 0.172. The highest BCUT2D eigenvalue weighted by Crippen LogP contribution is 2.21. The van der Waals surface area contributed by atoms with Crippen molar-refractivity contribution in [3.63, 3.8) is 0 Å². The molecule has 1 saturated heterocycles. The number of amides is 2. The second-order valence-electron chi connectivity index (χ2n) is 6.86. The lowest BCUT2D eigenvalue weighted by Gasteiger charge is -2.33. The zero-order chi connectivity index (χ0) is 21.0. The summed E-state index contributed by atoms with van der Waals surface area (Å²) in [5.74, 6) is 0. The van der Waals surface area contributed by atoms with E-state index in [2.05, 4.69) is 10.3 Å². The van der Waals surface area contributed by atoms with Crippen molar-refractivity contribution in [3.05, 3.63) is 71.1 Å². The normalized spacial score (nSPS) is 15.1. The van der Waals surface area contributed by atoms with Crippen molar-refractivity contribution in [2.75, 3.05) is 26.2 Å². The number of urea groups is 1. The molecule has 156 valence electrons. The number of aromatic nitrogens is 1. The number of hydrogen-bond donors (Lipinski definition) is 1. The summed E-state index contributed by atoms with van der Waals surface area (Å²) in [7, 11) is -3.52. The van der Waals surface area contributed by atoms with E-state index in [1.807, 2.05) is 35.7 Å². The molecule has 1 fully saturated rings. The van der Waals surface area contributed by atoms with Crippen LogP contribution in [0.1, 0.15) is 5.01 Å². The molecule has 0 unspecified atom stereocenters. The monoisotopic (exact) mass is 442 g/mol. The van der Waals surface area contributed by atoms with E-state index in [-0.39, 0.29) is 24.0 Å². The van der Waals surface area contributed by atoms with Gasteiger partial charge in [0.2, 0.25) is 10.0 Å². The molecule has 7 nitrogen and oxygen atoms in total. The van der Waals surface area contributed by atoms with Crippen molar-refractivity contribution in [1.82, 2.24) is 19.5 Å². The molecule has 0 spiro atoms. The van der Waals surface area contributed by atoms with Crippen molar-refractivity contribution in [2.45, 2.75) is 11.4 Å². The molecular weight excluding hydrogens is 420 g/mol. The number of hydrogen-bond acceptors (Lipinski definition) is 5. The predicted molar refractivity (Wildman–Crippen MR) is 117 cm³/mol.